The van der Waals surface area contributed by atoms with E-state index in [-0.39, 0.29) is 25.0 Å². The highest BCUT2D eigenvalue weighted by Crippen LogP contribution is 2.58. The summed E-state index contributed by atoms with van der Waals surface area (Å²) in [5, 5.41) is 9.71. The van der Waals surface area contributed by atoms with Crippen molar-refractivity contribution in [2.45, 2.75) is 69.6 Å². The number of aliphatic hydroxyl groups is 1. The number of esters is 1. The van der Waals surface area contributed by atoms with Crippen LogP contribution < -0.4 is 0 Å². The maximum Gasteiger partial charge on any atom is 0.313 e. The number of unbranched alkanes of at least 4 members (excludes halogenated alkanes) is 1. The Bertz CT molecular complexity index is 841. The number of rotatable bonds is 6. The van der Waals surface area contributed by atoms with Gasteiger partial charge in [-0.2, -0.15) is 0 Å². The van der Waals surface area contributed by atoms with Crippen LogP contribution in [-0.4, -0.2) is 82.8 Å². The van der Waals surface area contributed by atoms with Crippen LogP contribution in [0.25, 0.3) is 0 Å². The zero-order valence-electron chi connectivity index (χ0n) is 19.7. The van der Waals surface area contributed by atoms with Gasteiger partial charge >= 0.3 is 5.97 Å². The topological polar surface area (TPSA) is 96.4 Å². The molecule has 2 saturated heterocycles. The number of cyclic esters (lactones) is 1. The van der Waals surface area contributed by atoms with Gasteiger partial charge in [0, 0.05) is 19.6 Å². The fraction of sp³-hybridized carbons (Fsp3) is 0.720. The minimum Gasteiger partial charge on any atom is -0.465 e. The van der Waals surface area contributed by atoms with Crippen molar-refractivity contribution in [2.75, 3.05) is 32.8 Å². The minimum absolute atomic E-state index is 0.0169. The highest BCUT2D eigenvalue weighted by atomic mass is 16.6. The summed E-state index contributed by atoms with van der Waals surface area (Å²) in [4.78, 5) is 44.2. The summed E-state index contributed by atoms with van der Waals surface area (Å²) >= 11 is 0. The van der Waals surface area contributed by atoms with Crippen LogP contribution in [0.4, 0.5) is 0 Å². The van der Waals surface area contributed by atoms with Crippen molar-refractivity contribution in [2.24, 2.45) is 11.8 Å². The Kier molecular flexibility index (Phi) is 6.96. The van der Waals surface area contributed by atoms with Crippen LogP contribution in [0.3, 0.4) is 0 Å². The number of allylic oxidation sites excluding steroid dienone is 1. The van der Waals surface area contributed by atoms with Crippen molar-refractivity contribution < 1.29 is 29.0 Å². The lowest BCUT2D eigenvalue weighted by Gasteiger charge is -2.38. The predicted octanol–water partition coefficient (Wildman–Crippen LogP) is 1.82. The molecule has 4 aliphatic rings. The molecule has 5 atom stereocenters. The SMILES string of the molecule is CCCCN1CC=C[C@]23O[C@@]4(CC)/C=C\CCCCOC(=O)[C@H]4[C@H]2C(=O)N(CCO)C3C1=O. The molecule has 0 bridgehead atoms. The van der Waals surface area contributed by atoms with E-state index in [1.54, 1.807) is 4.90 Å². The molecule has 0 radical (unpaired) electrons. The number of amides is 2. The van der Waals surface area contributed by atoms with Crippen molar-refractivity contribution in [3.05, 3.63) is 24.3 Å². The molecule has 8 heteroatoms. The number of carbonyl (C=O) groups excluding carboxylic acids is 3. The Morgan fingerprint density at radius 2 is 1.88 bits per heavy atom. The molecule has 0 aliphatic carbocycles. The van der Waals surface area contributed by atoms with E-state index >= 15 is 0 Å². The molecule has 1 unspecified atom stereocenters. The summed E-state index contributed by atoms with van der Waals surface area (Å²) in [6, 6.07) is -0.917. The Labute approximate surface area is 195 Å². The summed E-state index contributed by atoms with van der Waals surface area (Å²) < 4.78 is 12.4. The molecule has 0 aromatic rings. The van der Waals surface area contributed by atoms with Gasteiger partial charge in [-0.05, 0) is 32.1 Å². The normalized spacial score (nSPS) is 37.3. The fourth-order valence-corrected chi connectivity index (χ4v) is 5.98. The largest absolute Gasteiger partial charge is 0.465 e. The first-order valence-corrected chi connectivity index (χ1v) is 12.4. The maximum absolute atomic E-state index is 13.8. The Morgan fingerprint density at radius 3 is 2.61 bits per heavy atom. The van der Waals surface area contributed by atoms with E-state index in [2.05, 4.69) is 6.92 Å². The molecule has 4 aliphatic heterocycles. The molecule has 4 rings (SSSR count). The van der Waals surface area contributed by atoms with Crippen molar-refractivity contribution >= 4 is 17.8 Å². The van der Waals surface area contributed by atoms with Gasteiger partial charge in [0.15, 0.2) is 0 Å². The number of fused-ring (bicyclic) bond motifs is 2. The van der Waals surface area contributed by atoms with E-state index in [1.807, 2.05) is 31.2 Å². The van der Waals surface area contributed by atoms with Gasteiger partial charge in [0.2, 0.25) is 11.8 Å². The molecule has 182 valence electrons. The predicted molar refractivity (Wildman–Crippen MR) is 121 cm³/mol. The Balaban J connectivity index is 1.85. The summed E-state index contributed by atoms with van der Waals surface area (Å²) in [7, 11) is 0. The molecule has 0 saturated carbocycles. The third kappa shape index (κ3) is 3.81. The van der Waals surface area contributed by atoms with Crippen LogP contribution >= 0.6 is 0 Å². The number of hydrogen-bond donors (Lipinski definition) is 1. The van der Waals surface area contributed by atoms with Crippen LogP contribution in [0, 0.1) is 11.8 Å². The first kappa shape index (κ1) is 24.0. The summed E-state index contributed by atoms with van der Waals surface area (Å²) in [5.41, 5.74) is -2.30. The molecular weight excluding hydrogens is 424 g/mol. The van der Waals surface area contributed by atoms with Crippen molar-refractivity contribution in [3.63, 3.8) is 0 Å². The van der Waals surface area contributed by atoms with E-state index in [0.717, 1.165) is 32.1 Å². The van der Waals surface area contributed by atoms with Crippen LogP contribution in [-0.2, 0) is 23.9 Å². The molecule has 0 aromatic heterocycles. The summed E-state index contributed by atoms with van der Waals surface area (Å²) in [6.45, 7) is 5.07. The standard InChI is InChI=1S/C25H36N2O6/c1-3-5-13-26-14-10-12-25-18(21(29)27(15-16-28)20(25)22(26)30)19-23(31)32-17-9-7-6-8-11-24(19,4-2)33-25/h8,10-12,18-20,28H,3-7,9,13-17H2,1-2H3/b11-8-/t18-,19+,20?,24-,25-/m0/s1. The summed E-state index contributed by atoms with van der Waals surface area (Å²) in [5.74, 6) is -2.69. The van der Waals surface area contributed by atoms with Gasteiger partial charge in [-0.3, -0.25) is 14.4 Å². The van der Waals surface area contributed by atoms with E-state index in [4.69, 9.17) is 9.47 Å². The third-order valence-electron chi connectivity index (χ3n) is 7.59. The fourth-order valence-electron chi connectivity index (χ4n) is 5.98. The Morgan fingerprint density at radius 1 is 1.06 bits per heavy atom. The van der Waals surface area contributed by atoms with Crippen molar-refractivity contribution in [1.29, 1.82) is 0 Å². The lowest BCUT2D eigenvalue weighted by Crippen LogP contribution is -2.56. The first-order chi connectivity index (χ1) is 16.0. The molecule has 8 nitrogen and oxygen atoms in total. The quantitative estimate of drug-likeness (QED) is 0.480. The van der Waals surface area contributed by atoms with Crippen LogP contribution in [0.1, 0.15) is 52.4 Å². The highest BCUT2D eigenvalue weighted by Gasteiger charge is 2.75. The number of ether oxygens (including phenoxy) is 2. The number of nitrogens with zero attached hydrogens (tertiary/aromatic N) is 2. The number of β-amino-alcohol motifs (C(OH)–C–C–N with tert-alkyl or cyclic N) is 1. The molecule has 2 amide bonds. The zero-order valence-corrected chi connectivity index (χ0v) is 19.7. The lowest BCUT2D eigenvalue weighted by atomic mass is 9.73. The van der Waals surface area contributed by atoms with Gasteiger partial charge in [-0.15, -0.1) is 0 Å². The summed E-state index contributed by atoms with van der Waals surface area (Å²) in [6.07, 6.45) is 12.5. The number of aliphatic hydroxyl groups excluding tert-OH is 1. The molecular formula is C25H36N2O6. The molecule has 2 fully saturated rings. The molecule has 4 heterocycles. The van der Waals surface area contributed by atoms with E-state index in [9.17, 15) is 19.5 Å². The number of hydrogen-bond acceptors (Lipinski definition) is 6. The second kappa shape index (κ2) is 9.58. The average Bonchev–Trinajstić information content (AvgIpc) is 3.16. The molecule has 1 N–H and O–H groups in total. The molecule has 0 aromatic carbocycles. The van der Waals surface area contributed by atoms with Gasteiger partial charge in [-0.25, -0.2) is 0 Å². The van der Waals surface area contributed by atoms with Crippen LogP contribution in [0.2, 0.25) is 0 Å². The first-order valence-electron chi connectivity index (χ1n) is 12.4. The lowest BCUT2D eigenvalue weighted by molar-refractivity contribution is -0.161. The van der Waals surface area contributed by atoms with Gasteiger partial charge in [0.25, 0.3) is 0 Å². The Hall–Kier alpha value is -2.19. The number of carbonyl (C=O) groups is 3. The van der Waals surface area contributed by atoms with Crippen LogP contribution in [0.5, 0.6) is 0 Å². The second-order valence-electron chi connectivity index (χ2n) is 9.48. The molecule has 1 spiro atoms. The third-order valence-corrected chi connectivity index (χ3v) is 7.59. The minimum atomic E-state index is -1.28. The zero-order chi connectivity index (χ0) is 23.6. The second-order valence-corrected chi connectivity index (χ2v) is 9.48. The van der Waals surface area contributed by atoms with Crippen LogP contribution in [0.15, 0.2) is 24.3 Å². The van der Waals surface area contributed by atoms with E-state index in [1.165, 1.54) is 4.90 Å². The van der Waals surface area contributed by atoms with Gasteiger partial charge in [0.1, 0.15) is 23.2 Å². The van der Waals surface area contributed by atoms with Gasteiger partial charge < -0.3 is 24.4 Å². The van der Waals surface area contributed by atoms with E-state index in [0.29, 0.717) is 26.1 Å². The van der Waals surface area contributed by atoms with Gasteiger partial charge in [-0.1, -0.05) is 44.6 Å². The average molecular weight is 461 g/mol. The highest BCUT2D eigenvalue weighted by molar-refractivity contribution is 5.99. The maximum atomic E-state index is 13.8. The smallest absolute Gasteiger partial charge is 0.313 e. The van der Waals surface area contributed by atoms with Crippen molar-refractivity contribution in [1.82, 2.24) is 9.80 Å². The number of likely N-dealkylation sites (tertiary alicyclic amines) is 1. The van der Waals surface area contributed by atoms with Crippen molar-refractivity contribution in [3.8, 4) is 0 Å². The van der Waals surface area contributed by atoms with E-state index < -0.39 is 35.0 Å². The van der Waals surface area contributed by atoms with Gasteiger partial charge in [0.05, 0.1) is 19.1 Å². The molecule has 33 heavy (non-hydrogen) atoms. The monoisotopic (exact) mass is 460 g/mol.